The van der Waals surface area contributed by atoms with E-state index in [1.807, 2.05) is 13.0 Å². The summed E-state index contributed by atoms with van der Waals surface area (Å²) in [6, 6.07) is 3.62. The topological polar surface area (TPSA) is 64.1 Å². The van der Waals surface area contributed by atoms with Gasteiger partial charge in [-0.2, -0.15) is 5.10 Å². The number of anilines is 1. The molecule has 0 bridgehead atoms. The number of hydrogen-bond acceptors (Lipinski definition) is 3. The summed E-state index contributed by atoms with van der Waals surface area (Å²) in [6.07, 6.45) is 1.61. The summed E-state index contributed by atoms with van der Waals surface area (Å²) in [5, 5.41) is 14.3. The van der Waals surface area contributed by atoms with Gasteiger partial charge >= 0.3 is 0 Å². The van der Waals surface area contributed by atoms with E-state index in [4.69, 9.17) is 17.3 Å². The fourth-order valence-corrected chi connectivity index (χ4v) is 1.70. The Labute approximate surface area is 98.3 Å². The van der Waals surface area contributed by atoms with Crippen molar-refractivity contribution in [1.82, 2.24) is 9.78 Å². The average Bonchev–Trinajstić information content (AvgIpc) is 2.58. The van der Waals surface area contributed by atoms with Crippen molar-refractivity contribution in [3.63, 3.8) is 0 Å². The summed E-state index contributed by atoms with van der Waals surface area (Å²) in [4.78, 5) is 0. The van der Waals surface area contributed by atoms with Crippen LogP contribution in [0.2, 0.25) is 5.02 Å². The minimum absolute atomic E-state index is 0.0429. The maximum Gasteiger partial charge on any atom is 0.142 e. The second-order valence-electron chi connectivity index (χ2n) is 3.66. The van der Waals surface area contributed by atoms with E-state index in [1.165, 1.54) is 0 Å². The number of hydrogen-bond donors (Lipinski definition) is 2. The fraction of sp³-hybridized carbons (Fsp3) is 0.182. The number of aromatic hydroxyl groups is 1. The van der Waals surface area contributed by atoms with E-state index in [0.29, 0.717) is 22.0 Å². The smallest absolute Gasteiger partial charge is 0.142 e. The van der Waals surface area contributed by atoms with Crippen molar-refractivity contribution >= 4 is 17.4 Å². The summed E-state index contributed by atoms with van der Waals surface area (Å²) in [5.74, 6) is 0.539. The molecule has 1 aromatic carbocycles. The van der Waals surface area contributed by atoms with Crippen LogP contribution in [0.25, 0.3) is 11.1 Å². The Kier molecular flexibility index (Phi) is 2.52. The minimum atomic E-state index is 0.0429. The molecule has 0 saturated heterocycles. The van der Waals surface area contributed by atoms with Crippen LogP contribution in [0.15, 0.2) is 18.3 Å². The average molecular weight is 238 g/mol. The van der Waals surface area contributed by atoms with Crippen LogP contribution in [0.1, 0.15) is 5.56 Å². The molecule has 84 valence electrons. The second-order valence-corrected chi connectivity index (χ2v) is 4.04. The van der Waals surface area contributed by atoms with Gasteiger partial charge in [0.25, 0.3) is 0 Å². The number of rotatable bonds is 1. The molecule has 0 aliphatic carbocycles. The van der Waals surface area contributed by atoms with Gasteiger partial charge in [-0.05, 0) is 12.5 Å². The van der Waals surface area contributed by atoms with Gasteiger partial charge < -0.3 is 10.8 Å². The zero-order chi connectivity index (χ0) is 11.9. The lowest BCUT2D eigenvalue weighted by molar-refractivity contribution is 0.477. The zero-order valence-electron chi connectivity index (χ0n) is 9.03. The highest BCUT2D eigenvalue weighted by molar-refractivity contribution is 6.33. The van der Waals surface area contributed by atoms with E-state index in [0.717, 1.165) is 5.56 Å². The Balaban J connectivity index is 2.66. The van der Waals surface area contributed by atoms with Gasteiger partial charge in [0, 0.05) is 18.2 Å². The molecule has 0 fully saturated rings. The normalized spacial score (nSPS) is 10.7. The maximum atomic E-state index is 9.94. The number of phenolic OH excluding ortho intramolecular Hbond substituents is 1. The molecule has 0 aliphatic rings. The molecule has 1 heterocycles. The molecule has 2 aromatic rings. The lowest BCUT2D eigenvalue weighted by Crippen LogP contribution is -1.98. The Hall–Kier alpha value is -1.68. The first kappa shape index (κ1) is 10.8. The maximum absolute atomic E-state index is 9.94. The highest BCUT2D eigenvalue weighted by Crippen LogP contribution is 2.38. The standard InChI is InChI=1S/C11H12ClN3O/c1-6-3-4-7(10(16)9(6)12)8-5-14-15(2)11(8)13/h3-5,16H,13H2,1-2H3. The van der Waals surface area contributed by atoms with Gasteiger partial charge in [-0.15, -0.1) is 0 Å². The van der Waals surface area contributed by atoms with Crippen molar-refractivity contribution in [1.29, 1.82) is 0 Å². The van der Waals surface area contributed by atoms with Crippen molar-refractivity contribution in [2.45, 2.75) is 6.92 Å². The molecule has 0 radical (unpaired) electrons. The fourth-order valence-electron chi connectivity index (χ4n) is 1.54. The Morgan fingerprint density at radius 1 is 1.38 bits per heavy atom. The molecule has 0 saturated carbocycles. The molecule has 0 atom stereocenters. The molecule has 4 nitrogen and oxygen atoms in total. The summed E-state index contributed by atoms with van der Waals surface area (Å²) in [6.45, 7) is 1.83. The first-order valence-corrected chi connectivity index (χ1v) is 5.16. The molecular weight excluding hydrogens is 226 g/mol. The minimum Gasteiger partial charge on any atom is -0.506 e. The predicted octanol–water partition coefficient (Wildman–Crippen LogP) is 2.34. The van der Waals surface area contributed by atoms with Crippen LogP contribution in [0.4, 0.5) is 5.82 Å². The second kappa shape index (κ2) is 3.72. The van der Waals surface area contributed by atoms with Gasteiger partial charge in [-0.25, -0.2) is 0 Å². The highest BCUT2D eigenvalue weighted by Gasteiger charge is 2.14. The van der Waals surface area contributed by atoms with Crippen LogP contribution in [0.3, 0.4) is 0 Å². The predicted molar refractivity (Wildman–Crippen MR) is 64.5 cm³/mol. The summed E-state index contributed by atoms with van der Waals surface area (Å²) >= 11 is 5.97. The Morgan fingerprint density at radius 3 is 2.62 bits per heavy atom. The van der Waals surface area contributed by atoms with Crippen LogP contribution in [-0.4, -0.2) is 14.9 Å². The molecular formula is C11H12ClN3O. The molecule has 1 aromatic heterocycles. The van der Waals surface area contributed by atoms with Crippen LogP contribution in [0.5, 0.6) is 5.75 Å². The lowest BCUT2D eigenvalue weighted by Gasteiger charge is -2.07. The van der Waals surface area contributed by atoms with Crippen LogP contribution in [0, 0.1) is 6.92 Å². The molecule has 0 aliphatic heterocycles. The number of benzene rings is 1. The van der Waals surface area contributed by atoms with Crippen LogP contribution in [-0.2, 0) is 7.05 Å². The van der Waals surface area contributed by atoms with Crippen LogP contribution < -0.4 is 5.73 Å². The SMILES string of the molecule is Cc1ccc(-c2cnn(C)c2N)c(O)c1Cl. The lowest BCUT2D eigenvalue weighted by atomic mass is 10.1. The molecule has 0 amide bonds. The number of phenols is 1. The highest BCUT2D eigenvalue weighted by atomic mass is 35.5. The van der Waals surface area contributed by atoms with Gasteiger partial charge in [0.1, 0.15) is 11.6 Å². The molecule has 2 rings (SSSR count). The van der Waals surface area contributed by atoms with E-state index >= 15 is 0 Å². The zero-order valence-corrected chi connectivity index (χ0v) is 9.78. The van der Waals surface area contributed by atoms with Gasteiger partial charge in [0.05, 0.1) is 11.2 Å². The Bertz CT molecular complexity index is 548. The number of halogens is 1. The third kappa shape index (κ3) is 1.51. The van der Waals surface area contributed by atoms with E-state index in [-0.39, 0.29) is 5.75 Å². The van der Waals surface area contributed by atoms with Crippen molar-refractivity contribution < 1.29 is 5.11 Å². The van der Waals surface area contributed by atoms with Crippen LogP contribution >= 0.6 is 11.6 Å². The number of nitrogen functional groups attached to an aromatic ring is 1. The molecule has 0 unspecified atom stereocenters. The first-order chi connectivity index (χ1) is 7.52. The quantitative estimate of drug-likeness (QED) is 0.800. The molecule has 3 N–H and O–H groups in total. The van der Waals surface area contributed by atoms with Crippen molar-refractivity contribution in [2.24, 2.45) is 7.05 Å². The number of nitrogens with zero attached hydrogens (tertiary/aromatic N) is 2. The number of nitrogens with two attached hydrogens (primary N) is 1. The molecule has 0 spiro atoms. The summed E-state index contributed by atoms with van der Waals surface area (Å²) in [7, 11) is 1.74. The third-order valence-corrected chi connectivity index (χ3v) is 3.06. The number of aromatic nitrogens is 2. The molecule has 5 heteroatoms. The van der Waals surface area contributed by atoms with Gasteiger partial charge in [0.15, 0.2) is 0 Å². The van der Waals surface area contributed by atoms with E-state index < -0.39 is 0 Å². The third-order valence-electron chi connectivity index (χ3n) is 2.58. The monoisotopic (exact) mass is 237 g/mol. The van der Waals surface area contributed by atoms with Gasteiger partial charge in [-0.1, -0.05) is 23.7 Å². The number of aryl methyl sites for hydroxylation is 2. The van der Waals surface area contributed by atoms with E-state index in [9.17, 15) is 5.11 Å². The summed E-state index contributed by atoms with van der Waals surface area (Å²) in [5.41, 5.74) is 7.94. The molecule has 16 heavy (non-hydrogen) atoms. The first-order valence-electron chi connectivity index (χ1n) is 4.78. The Morgan fingerprint density at radius 2 is 2.06 bits per heavy atom. The van der Waals surface area contributed by atoms with Gasteiger partial charge in [0.2, 0.25) is 0 Å². The van der Waals surface area contributed by atoms with E-state index in [2.05, 4.69) is 5.10 Å². The van der Waals surface area contributed by atoms with E-state index in [1.54, 1.807) is 24.0 Å². The largest absolute Gasteiger partial charge is 0.506 e. The van der Waals surface area contributed by atoms with Crippen molar-refractivity contribution in [3.8, 4) is 16.9 Å². The van der Waals surface area contributed by atoms with Crippen molar-refractivity contribution in [3.05, 3.63) is 28.9 Å². The van der Waals surface area contributed by atoms with Gasteiger partial charge in [-0.3, -0.25) is 4.68 Å². The summed E-state index contributed by atoms with van der Waals surface area (Å²) < 4.78 is 1.54. The van der Waals surface area contributed by atoms with Crippen molar-refractivity contribution in [2.75, 3.05) is 5.73 Å².